The maximum absolute atomic E-state index is 12.1. The van der Waals surface area contributed by atoms with E-state index in [1.54, 1.807) is 0 Å². The van der Waals surface area contributed by atoms with Gasteiger partial charge < -0.3 is 14.9 Å². The first-order chi connectivity index (χ1) is 7.82. The topological polar surface area (TPSA) is 65.3 Å². The molecule has 5 nitrogen and oxygen atoms in total. The minimum Gasteiger partial charge on any atom is -0.484 e. The molecule has 1 unspecified atom stereocenters. The van der Waals surface area contributed by atoms with Crippen LogP contribution in [0.3, 0.4) is 0 Å². The highest BCUT2D eigenvalue weighted by Gasteiger charge is 2.38. The standard InChI is InChI=1S/C8H6BrF3N2O3/c9-6(8(10,11)12)4-17-5-2-1-3-13-7(5)14(15)16/h1-3,6H,4H2. The van der Waals surface area contributed by atoms with E-state index in [2.05, 4.69) is 20.9 Å². The average Bonchev–Trinajstić information content (AvgIpc) is 2.24. The maximum Gasteiger partial charge on any atom is 0.406 e. The molecule has 0 aliphatic carbocycles. The highest BCUT2D eigenvalue weighted by Crippen LogP contribution is 2.29. The molecule has 94 valence electrons. The minimum atomic E-state index is -4.48. The van der Waals surface area contributed by atoms with Crippen molar-refractivity contribution >= 4 is 21.7 Å². The van der Waals surface area contributed by atoms with Crippen LogP contribution in [0, 0.1) is 10.1 Å². The van der Waals surface area contributed by atoms with E-state index in [9.17, 15) is 23.3 Å². The lowest BCUT2D eigenvalue weighted by Crippen LogP contribution is -2.29. The summed E-state index contributed by atoms with van der Waals surface area (Å²) in [6.45, 7) is -0.768. The Kier molecular flexibility index (Phi) is 4.27. The number of halogens is 4. The molecule has 9 heteroatoms. The number of alkyl halides is 4. The van der Waals surface area contributed by atoms with Gasteiger partial charge in [-0.2, -0.15) is 13.2 Å². The van der Waals surface area contributed by atoms with E-state index in [4.69, 9.17) is 4.74 Å². The highest BCUT2D eigenvalue weighted by atomic mass is 79.9. The van der Waals surface area contributed by atoms with Crippen LogP contribution < -0.4 is 4.74 Å². The van der Waals surface area contributed by atoms with E-state index < -0.39 is 28.4 Å². The molecule has 0 aliphatic rings. The molecule has 0 saturated heterocycles. The van der Waals surface area contributed by atoms with Crippen molar-refractivity contribution in [2.24, 2.45) is 0 Å². The fraction of sp³-hybridized carbons (Fsp3) is 0.375. The molecule has 0 amide bonds. The fourth-order valence-corrected chi connectivity index (χ4v) is 1.02. The number of rotatable bonds is 4. The van der Waals surface area contributed by atoms with Gasteiger partial charge in [0, 0.05) is 0 Å². The highest BCUT2D eigenvalue weighted by molar-refractivity contribution is 9.09. The average molecular weight is 315 g/mol. The first-order valence-corrected chi connectivity index (χ1v) is 5.17. The quantitative estimate of drug-likeness (QED) is 0.487. The first kappa shape index (κ1) is 13.7. The van der Waals surface area contributed by atoms with Crippen LogP contribution in [0.4, 0.5) is 19.0 Å². The number of ether oxygens (including phenoxy) is 1. The predicted molar refractivity (Wildman–Crippen MR) is 55.2 cm³/mol. The Morgan fingerprint density at radius 3 is 2.76 bits per heavy atom. The van der Waals surface area contributed by atoms with Gasteiger partial charge in [0.1, 0.15) is 17.6 Å². The van der Waals surface area contributed by atoms with E-state index in [0.29, 0.717) is 0 Å². The van der Waals surface area contributed by atoms with Crippen molar-refractivity contribution in [2.45, 2.75) is 11.0 Å². The van der Waals surface area contributed by atoms with Gasteiger partial charge in [0.15, 0.2) is 0 Å². The van der Waals surface area contributed by atoms with Crippen LogP contribution in [0.1, 0.15) is 0 Å². The van der Waals surface area contributed by atoms with Crippen LogP contribution in [0.2, 0.25) is 0 Å². The summed E-state index contributed by atoms with van der Waals surface area (Å²) in [7, 11) is 0. The number of hydrogen-bond acceptors (Lipinski definition) is 4. The Bertz CT molecular complexity index is 413. The molecular weight excluding hydrogens is 309 g/mol. The summed E-state index contributed by atoms with van der Waals surface area (Å²) in [6, 6.07) is 2.51. The fourth-order valence-electron chi connectivity index (χ4n) is 0.889. The molecule has 0 N–H and O–H groups in total. The zero-order valence-electron chi connectivity index (χ0n) is 8.15. The lowest BCUT2D eigenvalue weighted by atomic mass is 10.4. The lowest BCUT2D eigenvalue weighted by Gasteiger charge is -2.14. The normalized spacial score (nSPS) is 13.2. The summed E-state index contributed by atoms with van der Waals surface area (Å²) < 4.78 is 41.1. The molecule has 0 aromatic carbocycles. The van der Waals surface area contributed by atoms with Gasteiger partial charge in [-0.05, 0) is 22.0 Å². The largest absolute Gasteiger partial charge is 0.484 e. The van der Waals surface area contributed by atoms with Crippen molar-refractivity contribution in [3.8, 4) is 5.75 Å². The predicted octanol–water partition coefficient (Wildman–Crippen LogP) is 2.69. The van der Waals surface area contributed by atoms with Gasteiger partial charge in [-0.25, -0.2) is 0 Å². The van der Waals surface area contributed by atoms with Gasteiger partial charge >= 0.3 is 12.0 Å². The zero-order valence-corrected chi connectivity index (χ0v) is 9.73. The van der Waals surface area contributed by atoms with Crippen molar-refractivity contribution in [2.75, 3.05) is 6.61 Å². The van der Waals surface area contributed by atoms with Crippen molar-refractivity contribution < 1.29 is 22.8 Å². The van der Waals surface area contributed by atoms with Gasteiger partial charge in [0.25, 0.3) is 0 Å². The summed E-state index contributed by atoms with van der Waals surface area (Å²) in [5.41, 5.74) is 0. The zero-order chi connectivity index (χ0) is 13.1. The number of nitrogens with zero attached hydrogens (tertiary/aromatic N) is 2. The third-order valence-electron chi connectivity index (χ3n) is 1.66. The van der Waals surface area contributed by atoms with Gasteiger partial charge in [-0.1, -0.05) is 15.9 Å². The van der Waals surface area contributed by atoms with Crippen molar-refractivity contribution in [3.63, 3.8) is 0 Å². The third-order valence-corrected chi connectivity index (χ3v) is 2.45. The number of nitro groups is 1. The minimum absolute atomic E-state index is 0.300. The Hall–Kier alpha value is -1.38. The second-order valence-electron chi connectivity index (χ2n) is 2.90. The summed E-state index contributed by atoms with van der Waals surface area (Å²) >= 11 is 2.38. The van der Waals surface area contributed by atoms with Crippen molar-refractivity contribution in [3.05, 3.63) is 28.4 Å². The molecule has 1 atom stereocenters. The van der Waals surface area contributed by atoms with E-state index in [0.717, 1.165) is 6.20 Å². The van der Waals surface area contributed by atoms with Crippen LogP contribution >= 0.6 is 15.9 Å². The van der Waals surface area contributed by atoms with Gasteiger partial charge in [0.2, 0.25) is 5.75 Å². The Morgan fingerprint density at radius 1 is 1.59 bits per heavy atom. The third kappa shape index (κ3) is 3.84. The van der Waals surface area contributed by atoms with Gasteiger partial charge in [-0.15, -0.1) is 0 Å². The molecule has 0 aliphatic heterocycles. The molecule has 0 radical (unpaired) electrons. The molecule has 1 heterocycles. The second-order valence-corrected chi connectivity index (χ2v) is 4.01. The maximum atomic E-state index is 12.1. The van der Waals surface area contributed by atoms with Crippen LogP contribution in [-0.4, -0.2) is 27.5 Å². The van der Waals surface area contributed by atoms with E-state index in [1.807, 2.05) is 0 Å². The molecule has 17 heavy (non-hydrogen) atoms. The molecule has 1 aromatic heterocycles. The van der Waals surface area contributed by atoms with Gasteiger partial charge in [-0.3, -0.25) is 0 Å². The molecular formula is C8H6BrF3N2O3. The Morgan fingerprint density at radius 2 is 2.24 bits per heavy atom. The summed E-state index contributed by atoms with van der Waals surface area (Å²) in [4.78, 5) is 11.2. The smallest absolute Gasteiger partial charge is 0.406 e. The SMILES string of the molecule is O=[N+]([O-])c1ncccc1OCC(Br)C(F)(F)F. The summed E-state index contributed by atoms with van der Waals surface area (Å²) in [6.07, 6.45) is -3.32. The van der Waals surface area contributed by atoms with Gasteiger partial charge in [0.05, 0.1) is 0 Å². The Balaban J connectivity index is 2.73. The van der Waals surface area contributed by atoms with E-state index in [1.165, 1.54) is 12.1 Å². The first-order valence-electron chi connectivity index (χ1n) is 4.25. The summed E-state index contributed by atoms with van der Waals surface area (Å²) in [5.74, 6) is -0.916. The molecule has 0 saturated carbocycles. The van der Waals surface area contributed by atoms with Crippen LogP contribution in [-0.2, 0) is 0 Å². The van der Waals surface area contributed by atoms with Crippen molar-refractivity contribution in [1.29, 1.82) is 0 Å². The molecule has 1 rings (SSSR count). The van der Waals surface area contributed by atoms with Crippen molar-refractivity contribution in [1.82, 2.24) is 4.98 Å². The number of aromatic nitrogens is 1. The number of hydrogen-bond donors (Lipinski definition) is 0. The molecule has 0 spiro atoms. The molecule has 1 aromatic rings. The number of pyridine rings is 1. The molecule has 0 fully saturated rings. The van der Waals surface area contributed by atoms with E-state index >= 15 is 0 Å². The van der Waals surface area contributed by atoms with Crippen LogP contribution in [0.25, 0.3) is 0 Å². The van der Waals surface area contributed by atoms with E-state index in [-0.39, 0.29) is 5.75 Å². The monoisotopic (exact) mass is 314 g/mol. The summed E-state index contributed by atoms with van der Waals surface area (Å²) in [5, 5.41) is 10.5. The lowest BCUT2D eigenvalue weighted by molar-refractivity contribution is -0.390. The van der Waals surface area contributed by atoms with Crippen LogP contribution in [0.5, 0.6) is 5.75 Å². The second kappa shape index (κ2) is 5.30. The van der Waals surface area contributed by atoms with Crippen LogP contribution in [0.15, 0.2) is 18.3 Å². The Labute approximate surface area is 102 Å². The molecule has 0 bridgehead atoms.